The molecule has 3 amide bonds. The topological polar surface area (TPSA) is 99.9 Å². The van der Waals surface area contributed by atoms with Crippen LogP contribution in [0.4, 0.5) is 5.69 Å². The largest absolute Gasteiger partial charge is 0.355 e. The van der Waals surface area contributed by atoms with Gasteiger partial charge in [0.2, 0.25) is 5.91 Å². The number of benzene rings is 2. The molecule has 2 aromatic carbocycles. The number of hydrogen-bond donors (Lipinski definition) is 1. The van der Waals surface area contributed by atoms with E-state index in [4.69, 9.17) is 0 Å². The molecular weight excluding hydrogens is 444 g/mol. The summed E-state index contributed by atoms with van der Waals surface area (Å²) in [6.07, 6.45) is 2.60. The molecule has 1 N–H and O–H groups in total. The van der Waals surface area contributed by atoms with Gasteiger partial charge in [0.1, 0.15) is 18.5 Å². The molecule has 1 atom stereocenters. The number of amides is 3. The predicted molar refractivity (Wildman–Crippen MR) is 128 cm³/mol. The van der Waals surface area contributed by atoms with Gasteiger partial charge < -0.3 is 10.2 Å². The van der Waals surface area contributed by atoms with Gasteiger partial charge in [0.15, 0.2) is 5.65 Å². The molecule has 6 rings (SSSR count). The molecule has 2 aliphatic rings. The molecule has 0 saturated carbocycles. The molecular formula is C26H22N6O3. The molecule has 0 saturated heterocycles. The minimum absolute atomic E-state index is 0.149. The van der Waals surface area contributed by atoms with Gasteiger partial charge in [-0.05, 0) is 36.8 Å². The van der Waals surface area contributed by atoms with Gasteiger partial charge in [0.25, 0.3) is 11.8 Å². The molecule has 174 valence electrons. The molecule has 0 bridgehead atoms. The van der Waals surface area contributed by atoms with Crippen molar-refractivity contribution in [3.8, 4) is 0 Å². The number of fused-ring (bicyclic) bond motifs is 6. The van der Waals surface area contributed by atoms with Crippen LogP contribution in [0.5, 0.6) is 0 Å². The van der Waals surface area contributed by atoms with Crippen LogP contribution in [0.15, 0.2) is 72.9 Å². The maximum absolute atomic E-state index is 13.4. The van der Waals surface area contributed by atoms with Crippen LogP contribution in [-0.4, -0.2) is 50.3 Å². The average molecular weight is 467 g/mol. The van der Waals surface area contributed by atoms with Crippen LogP contribution in [0.1, 0.15) is 44.7 Å². The third-order valence-electron chi connectivity index (χ3n) is 6.48. The minimum Gasteiger partial charge on any atom is -0.355 e. The third-order valence-corrected chi connectivity index (χ3v) is 6.48. The number of para-hydroxylation sites is 1. The van der Waals surface area contributed by atoms with Gasteiger partial charge in [-0.3, -0.25) is 23.7 Å². The first-order valence-corrected chi connectivity index (χ1v) is 11.5. The summed E-state index contributed by atoms with van der Waals surface area (Å²) in [5, 5.41) is 11.3. The summed E-state index contributed by atoms with van der Waals surface area (Å²) in [5.74, 6) is 0.114. The van der Waals surface area contributed by atoms with Crippen LogP contribution in [0.2, 0.25) is 0 Å². The van der Waals surface area contributed by atoms with Crippen LogP contribution >= 0.6 is 0 Å². The fourth-order valence-corrected chi connectivity index (χ4v) is 4.88. The molecule has 0 aliphatic carbocycles. The molecule has 0 radical (unpaired) electrons. The van der Waals surface area contributed by atoms with E-state index in [-0.39, 0.29) is 24.3 Å². The van der Waals surface area contributed by atoms with Crippen molar-refractivity contribution in [2.45, 2.75) is 19.0 Å². The number of carbonyl (C=O) groups is 3. The molecule has 0 fully saturated rings. The van der Waals surface area contributed by atoms with Crippen molar-refractivity contribution < 1.29 is 14.4 Å². The quantitative estimate of drug-likeness (QED) is 0.441. The predicted octanol–water partition coefficient (Wildman–Crippen LogP) is 2.59. The van der Waals surface area contributed by atoms with E-state index in [0.29, 0.717) is 36.2 Å². The maximum Gasteiger partial charge on any atom is 0.260 e. The Balaban J connectivity index is 1.17. The van der Waals surface area contributed by atoms with E-state index in [9.17, 15) is 14.4 Å². The van der Waals surface area contributed by atoms with Crippen LogP contribution in [0.3, 0.4) is 0 Å². The number of aryl methyl sites for hydroxylation is 1. The highest BCUT2D eigenvalue weighted by atomic mass is 16.2. The smallest absolute Gasteiger partial charge is 0.260 e. The summed E-state index contributed by atoms with van der Waals surface area (Å²) < 4.78 is 1.93. The Morgan fingerprint density at radius 1 is 0.886 bits per heavy atom. The average Bonchev–Trinajstić information content (AvgIpc) is 3.43. The van der Waals surface area contributed by atoms with Gasteiger partial charge in [-0.1, -0.05) is 36.4 Å². The fourth-order valence-electron chi connectivity index (χ4n) is 4.88. The summed E-state index contributed by atoms with van der Waals surface area (Å²) >= 11 is 0. The number of pyridine rings is 1. The Labute approximate surface area is 201 Å². The van der Waals surface area contributed by atoms with E-state index in [1.165, 1.54) is 4.90 Å². The highest BCUT2D eigenvalue weighted by Crippen LogP contribution is 2.44. The van der Waals surface area contributed by atoms with Crippen molar-refractivity contribution in [2.75, 3.05) is 18.0 Å². The molecule has 4 heterocycles. The Hall–Kier alpha value is -4.53. The summed E-state index contributed by atoms with van der Waals surface area (Å²) in [4.78, 5) is 42.6. The number of hydrogen-bond acceptors (Lipinski definition) is 5. The standard InChI is InChI=1S/C26H22N6O3/c33-23(27-14-7-13-22-29-28-21-12-5-6-15-30(21)22)16-31-24-17-8-1-2-9-18(17)26(35)32(24)20-11-4-3-10-19(20)25(31)34/h1-6,8-12,15,24H,7,13-14,16H2,(H,27,33)/t24-/m0/s1. The SMILES string of the molecule is O=C(CN1C(=O)c2ccccc2N2C(=O)c3ccccc3[C@@H]12)NCCCc1nnc2ccccn12. The van der Waals surface area contributed by atoms with E-state index in [1.54, 1.807) is 41.3 Å². The number of aromatic nitrogens is 3. The van der Waals surface area contributed by atoms with Crippen LogP contribution < -0.4 is 10.2 Å². The second kappa shape index (κ2) is 8.35. The lowest BCUT2D eigenvalue weighted by Gasteiger charge is -2.40. The Morgan fingerprint density at radius 2 is 1.66 bits per heavy atom. The summed E-state index contributed by atoms with van der Waals surface area (Å²) in [7, 11) is 0. The first kappa shape index (κ1) is 21.0. The van der Waals surface area contributed by atoms with Gasteiger partial charge in [-0.25, -0.2) is 0 Å². The van der Waals surface area contributed by atoms with Crippen molar-refractivity contribution in [3.05, 3.63) is 95.4 Å². The van der Waals surface area contributed by atoms with Gasteiger partial charge in [0.05, 0.1) is 11.3 Å². The van der Waals surface area contributed by atoms with E-state index in [2.05, 4.69) is 15.5 Å². The van der Waals surface area contributed by atoms with Gasteiger partial charge in [-0.15, -0.1) is 10.2 Å². The van der Waals surface area contributed by atoms with E-state index in [1.807, 2.05) is 40.9 Å². The number of nitrogens with one attached hydrogen (secondary N) is 1. The first-order chi connectivity index (χ1) is 17.1. The maximum atomic E-state index is 13.4. The monoisotopic (exact) mass is 466 g/mol. The lowest BCUT2D eigenvalue weighted by molar-refractivity contribution is -0.122. The van der Waals surface area contributed by atoms with Gasteiger partial charge in [0, 0.05) is 30.3 Å². The van der Waals surface area contributed by atoms with E-state index < -0.39 is 6.17 Å². The second-order valence-electron chi connectivity index (χ2n) is 8.58. The Morgan fingerprint density at radius 3 is 2.54 bits per heavy atom. The fraction of sp³-hybridized carbons (Fsp3) is 0.192. The highest BCUT2D eigenvalue weighted by Gasteiger charge is 2.47. The van der Waals surface area contributed by atoms with Crippen molar-refractivity contribution in [3.63, 3.8) is 0 Å². The molecule has 2 aromatic heterocycles. The molecule has 35 heavy (non-hydrogen) atoms. The Kier molecular flexibility index (Phi) is 5.02. The lowest BCUT2D eigenvalue weighted by atomic mass is 10.0. The summed E-state index contributed by atoms with van der Waals surface area (Å²) in [5.41, 5.74) is 3.04. The molecule has 0 spiro atoms. The molecule has 9 nitrogen and oxygen atoms in total. The molecule has 0 unspecified atom stereocenters. The van der Waals surface area contributed by atoms with E-state index in [0.717, 1.165) is 17.0 Å². The summed E-state index contributed by atoms with van der Waals surface area (Å²) in [6.45, 7) is 0.285. The Bertz CT molecular complexity index is 1480. The van der Waals surface area contributed by atoms with Crippen molar-refractivity contribution in [1.29, 1.82) is 0 Å². The van der Waals surface area contributed by atoms with E-state index >= 15 is 0 Å². The number of rotatable bonds is 6. The normalized spacial score (nSPS) is 16.3. The lowest BCUT2D eigenvalue weighted by Crippen LogP contribution is -2.51. The van der Waals surface area contributed by atoms with Crippen molar-refractivity contribution in [2.24, 2.45) is 0 Å². The van der Waals surface area contributed by atoms with Gasteiger partial charge >= 0.3 is 0 Å². The third kappa shape index (κ3) is 3.43. The summed E-state index contributed by atoms with van der Waals surface area (Å²) in [6, 6.07) is 20.0. The zero-order chi connectivity index (χ0) is 23.9. The van der Waals surface area contributed by atoms with Gasteiger partial charge in [-0.2, -0.15) is 0 Å². The highest BCUT2D eigenvalue weighted by molar-refractivity contribution is 6.17. The minimum atomic E-state index is -0.644. The number of anilines is 1. The second-order valence-corrected chi connectivity index (χ2v) is 8.58. The van der Waals surface area contributed by atoms with Crippen LogP contribution in [0.25, 0.3) is 5.65 Å². The number of carbonyl (C=O) groups excluding carboxylic acids is 3. The first-order valence-electron chi connectivity index (χ1n) is 11.5. The number of nitrogens with zero attached hydrogens (tertiary/aromatic N) is 5. The zero-order valence-corrected chi connectivity index (χ0v) is 18.8. The van der Waals surface area contributed by atoms with Crippen molar-refractivity contribution in [1.82, 2.24) is 24.8 Å². The van der Waals surface area contributed by atoms with Crippen LogP contribution in [-0.2, 0) is 11.2 Å². The molecule has 2 aliphatic heterocycles. The zero-order valence-electron chi connectivity index (χ0n) is 18.8. The molecule has 9 heteroatoms. The van der Waals surface area contributed by atoms with Crippen molar-refractivity contribution >= 4 is 29.1 Å². The molecule has 4 aromatic rings. The van der Waals surface area contributed by atoms with Crippen LogP contribution in [0, 0.1) is 0 Å².